The minimum atomic E-state index is -0.331. The molecule has 0 saturated heterocycles. The lowest BCUT2D eigenvalue weighted by Gasteiger charge is -2.02. The number of carbonyl (C=O) groups excluding carboxylic acids is 1. The van der Waals surface area contributed by atoms with Crippen molar-refractivity contribution in [2.24, 2.45) is 0 Å². The van der Waals surface area contributed by atoms with Crippen LogP contribution >= 0.6 is 34.2 Å². The molecule has 70 valence electrons. The van der Waals surface area contributed by atoms with Crippen molar-refractivity contribution in [1.29, 1.82) is 0 Å². The Morgan fingerprint density at radius 3 is 2.77 bits per heavy atom. The Bertz CT molecular complexity index is 305. The predicted octanol–water partition coefficient (Wildman–Crippen LogP) is 3.12. The smallest absolute Gasteiger partial charge is 0.338 e. The maximum Gasteiger partial charge on any atom is 0.338 e. The van der Waals surface area contributed by atoms with Crippen LogP contribution in [0.15, 0.2) is 18.2 Å². The fourth-order valence-electron chi connectivity index (χ4n) is 0.886. The van der Waals surface area contributed by atoms with Crippen LogP contribution in [-0.4, -0.2) is 12.6 Å². The van der Waals surface area contributed by atoms with Crippen molar-refractivity contribution in [3.05, 3.63) is 32.4 Å². The third-order valence-corrected chi connectivity index (χ3v) is 2.21. The molecule has 0 bridgehead atoms. The standard InChI is InChI=1S/C9H8ClIO2/c1-2-13-9(12)6-3-7(10)5-8(11)4-6/h3-5H,2H2,1H3. The van der Waals surface area contributed by atoms with Crippen LogP contribution in [0.1, 0.15) is 17.3 Å². The summed E-state index contributed by atoms with van der Waals surface area (Å²) in [5.74, 6) is -0.331. The molecule has 0 saturated carbocycles. The second-order valence-corrected chi connectivity index (χ2v) is 4.06. The van der Waals surface area contributed by atoms with E-state index in [2.05, 4.69) is 22.6 Å². The molecule has 0 heterocycles. The van der Waals surface area contributed by atoms with E-state index in [1.54, 1.807) is 25.1 Å². The van der Waals surface area contributed by atoms with Gasteiger partial charge in [-0.25, -0.2) is 4.79 Å². The normalized spacial score (nSPS) is 9.77. The van der Waals surface area contributed by atoms with Crippen molar-refractivity contribution in [1.82, 2.24) is 0 Å². The molecule has 0 unspecified atom stereocenters. The minimum Gasteiger partial charge on any atom is -0.462 e. The second-order valence-electron chi connectivity index (χ2n) is 2.38. The first-order valence-electron chi connectivity index (χ1n) is 3.76. The summed E-state index contributed by atoms with van der Waals surface area (Å²) >= 11 is 7.88. The summed E-state index contributed by atoms with van der Waals surface area (Å²) in [6.45, 7) is 2.15. The van der Waals surface area contributed by atoms with Gasteiger partial charge in [-0.1, -0.05) is 11.6 Å². The van der Waals surface area contributed by atoms with Crippen molar-refractivity contribution in [3.63, 3.8) is 0 Å². The highest BCUT2D eigenvalue weighted by Gasteiger charge is 2.07. The van der Waals surface area contributed by atoms with Crippen LogP contribution in [0.2, 0.25) is 5.02 Å². The van der Waals surface area contributed by atoms with Gasteiger partial charge in [-0.2, -0.15) is 0 Å². The molecule has 1 aromatic rings. The van der Waals surface area contributed by atoms with Gasteiger partial charge in [-0.05, 0) is 47.7 Å². The van der Waals surface area contributed by atoms with Gasteiger partial charge < -0.3 is 4.74 Å². The summed E-state index contributed by atoms with van der Waals surface area (Å²) in [6, 6.07) is 5.12. The summed E-state index contributed by atoms with van der Waals surface area (Å²) in [6.07, 6.45) is 0. The molecule has 0 fully saturated rings. The molecule has 1 rings (SSSR count). The van der Waals surface area contributed by atoms with Gasteiger partial charge in [0.1, 0.15) is 0 Å². The zero-order valence-corrected chi connectivity index (χ0v) is 9.93. The van der Waals surface area contributed by atoms with Crippen molar-refractivity contribution in [2.75, 3.05) is 6.61 Å². The summed E-state index contributed by atoms with van der Waals surface area (Å²) in [5, 5.41) is 0.551. The van der Waals surface area contributed by atoms with Gasteiger partial charge >= 0.3 is 5.97 Å². The molecule has 1 aromatic carbocycles. The van der Waals surface area contributed by atoms with Crippen LogP contribution in [0, 0.1) is 3.57 Å². The van der Waals surface area contributed by atoms with Crippen LogP contribution in [0.25, 0.3) is 0 Å². The van der Waals surface area contributed by atoms with Crippen LogP contribution in [0.3, 0.4) is 0 Å². The maximum atomic E-state index is 11.3. The third-order valence-electron chi connectivity index (χ3n) is 1.37. The van der Waals surface area contributed by atoms with Crippen molar-refractivity contribution < 1.29 is 9.53 Å². The molecule has 0 aromatic heterocycles. The Morgan fingerprint density at radius 2 is 2.23 bits per heavy atom. The lowest BCUT2D eigenvalue weighted by Crippen LogP contribution is -2.04. The number of rotatable bonds is 2. The molecule has 0 amide bonds. The molecule has 0 aliphatic heterocycles. The van der Waals surface area contributed by atoms with Crippen molar-refractivity contribution >= 4 is 40.2 Å². The number of halogens is 2. The van der Waals surface area contributed by atoms with E-state index in [-0.39, 0.29) is 5.97 Å². The fraction of sp³-hybridized carbons (Fsp3) is 0.222. The first-order valence-corrected chi connectivity index (χ1v) is 5.22. The van der Waals surface area contributed by atoms with E-state index in [0.29, 0.717) is 17.2 Å². The molecule has 0 N–H and O–H groups in total. The largest absolute Gasteiger partial charge is 0.462 e. The molecular formula is C9H8ClIO2. The number of benzene rings is 1. The van der Waals surface area contributed by atoms with E-state index in [0.717, 1.165) is 3.57 Å². The van der Waals surface area contributed by atoms with Gasteiger partial charge in [-0.3, -0.25) is 0 Å². The molecule has 0 aliphatic carbocycles. The van der Waals surface area contributed by atoms with E-state index < -0.39 is 0 Å². The average molecular weight is 311 g/mol. The lowest BCUT2D eigenvalue weighted by atomic mass is 10.2. The summed E-state index contributed by atoms with van der Waals surface area (Å²) in [4.78, 5) is 11.3. The minimum absolute atomic E-state index is 0.331. The van der Waals surface area contributed by atoms with Crippen LogP contribution in [-0.2, 0) is 4.74 Å². The summed E-state index contributed by atoms with van der Waals surface area (Å²) in [5.41, 5.74) is 0.499. The highest BCUT2D eigenvalue weighted by atomic mass is 127. The monoisotopic (exact) mass is 310 g/mol. The fourth-order valence-corrected chi connectivity index (χ4v) is 1.98. The van der Waals surface area contributed by atoms with Crippen LogP contribution in [0.5, 0.6) is 0 Å². The van der Waals surface area contributed by atoms with E-state index in [9.17, 15) is 4.79 Å². The highest BCUT2D eigenvalue weighted by Crippen LogP contribution is 2.17. The zero-order valence-electron chi connectivity index (χ0n) is 7.01. The summed E-state index contributed by atoms with van der Waals surface area (Å²) in [7, 11) is 0. The number of ether oxygens (including phenoxy) is 1. The van der Waals surface area contributed by atoms with Crippen LogP contribution in [0.4, 0.5) is 0 Å². The van der Waals surface area contributed by atoms with Gasteiger partial charge in [0.05, 0.1) is 12.2 Å². The number of esters is 1. The molecular weight excluding hydrogens is 302 g/mol. The molecule has 2 nitrogen and oxygen atoms in total. The molecule has 0 aliphatic rings. The van der Waals surface area contributed by atoms with Crippen LogP contribution < -0.4 is 0 Å². The number of carbonyl (C=O) groups is 1. The van der Waals surface area contributed by atoms with Gasteiger partial charge in [0.15, 0.2) is 0 Å². The SMILES string of the molecule is CCOC(=O)c1cc(Cl)cc(I)c1. The van der Waals surface area contributed by atoms with Gasteiger partial charge in [0.25, 0.3) is 0 Å². The summed E-state index contributed by atoms with van der Waals surface area (Å²) < 4.78 is 5.76. The van der Waals surface area contributed by atoms with E-state index in [4.69, 9.17) is 16.3 Å². The van der Waals surface area contributed by atoms with Gasteiger partial charge in [0, 0.05) is 8.59 Å². The van der Waals surface area contributed by atoms with E-state index in [1.807, 2.05) is 0 Å². The first-order chi connectivity index (χ1) is 6.13. The second kappa shape index (κ2) is 4.81. The molecule has 4 heteroatoms. The lowest BCUT2D eigenvalue weighted by molar-refractivity contribution is 0.0526. The average Bonchev–Trinajstić information content (AvgIpc) is 2.03. The van der Waals surface area contributed by atoms with E-state index in [1.165, 1.54) is 0 Å². The van der Waals surface area contributed by atoms with Crippen molar-refractivity contribution in [3.8, 4) is 0 Å². The van der Waals surface area contributed by atoms with Gasteiger partial charge in [-0.15, -0.1) is 0 Å². The Labute approximate surface area is 95.4 Å². The Hall–Kier alpha value is -0.290. The zero-order chi connectivity index (χ0) is 9.84. The third kappa shape index (κ3) is 3.15. The Balaban J connectivity index is 2.94. The van der Waals surface area contributed by atoms with Crippen molar-refractivity contribution in [2.45, 2.75) is 6.92 Å². The Kier molecular flexibility index (Phi) is 3.99. The molecule has 0 spiro atoms. The Morgan fingerprint density at radius 1 is 1.54 bits per heavy atom. The predicted molar refractivity (Wildman–Crippen MR) is 60.1 cm³/mol. The molecule has 0 radical (unpaired) electrons. The quantitative estimate of drug-likeness (QED) is 0.620. The molecule has 13 heavy (non-hydrogen) atoms. The number of hydrogen-bond acceptors (Lipinski definition) is 2. The van der Waals surface area contributed by atoms with Gasteiger partial charge in [0.2, 0.25) is 0 Å². The van der Waals surface area contributed by atoms with E-state index >= 15 is 0 Å². The number of hydrogen-bond donors (Lipinski definition) is 0. The molecule has 0 atom stereocenters. The topological polar surface area (TPSA) is 26.3 Å². The first kappa shape index (κ1) is 10.8. The maximum absolute atomic E-state index is 11.3. The highest BCUT2D eigenvalue weighted by molar-refractivity contribution is 14.1.